The zero-order valence-corrected chi connectivity index (χ0v) is 14.9. The molecule has 2 aromatic carbocycles. The van der Waals surface area contributed by atoms with Crippen LogP contribution in [-0.2, 0) is 6.61 Å². The highest BCUT2D eigenvalue weighted by Gasteiger charge is 2.13. The molecule has 0 saturated heterocycles. The molecule has 0 aliphatic rings. The third kappa shape index (κ3) is 3.17. The second-order valence-corrected chi connectivity index (χ2v) is 6.61. The summed E-state index contributed by atoms with van der Waals surface area (Å²) in [6.45, 7) is 6.12. The van der Waals surface area contributed by atoms with Gasteiger partial charge in [0.25, 0.3) is 0 Å². The summed E-state index contributed by atoms with van der Waals surface area (Å²) in [5.74, 6) is 0.740. The van der Waals surface area contributed by atoms with Gasteiger partial charge in [-0.05, 0) is 61.7 Å². The van der Waals surface area contributed by atoms with Gasteiger partial charge in [-0.3, -0.25) is 0 Å². The van der Waals surface area contributed by atoms with E-state index in [-0.39, 0.29) is 5.63 Å². The summed E-state index contributed by atoms with van der Waals surface area (Å²) in [6.07, 6.45) is 0. The molecule has 0 bridgehead atoms. The number of aryl methyl sites for hydroxylation is 2. The zero-order chi connectivity index (χ0) is 16.6. The predicted octanol–water partition coefficient (Wildman–Crippen LogP) is 5.06. The number of hydrogen-bond acceptors (Lipinski definition) is 3. The maximum atomic E-state index is 11.9. The molecular formula is C19H17BrO3. The molecule has 0 aliphatic heterocycles. The summed E-state index contributed by atoms with van der Waals surface area (Å²) in [7, 11) is 0. The first-order chi connectivity index (χ1) is 11.0. The standard InChI is InChI=1S/C19H17BrO3/c1-11-7-16(22-10-14-5-4-6-15(20)9-14)18-12(2)13(3)19(21)23-17(18)8-11/h4-9H,10H2,1-3H3. The lowest BCUT2D eigenvalue weighted by Gasteiger charge is -2.13. The summed E-state index contributed by atoms with van der Waals surface area (Å²) in [5, 5.41) is 0.864. The van der Waals surface area contributed by atoms with Gasteiger partial charge in [0, 0.05) is 10.0 Å². The fourth-order valence-electron chi connectivity index (χ4n) is 2.59. The van der Waals surface area contributed by atoms with Gasteiger partial charge in [-0.1, -0.05) is 28.1 Å². The SMILES string of the molecule is Cc1cc(OCc2cccc(Br)c2)c2c(C)c(C)c(=O)oc2c1. The van der Waals surface area contributed by atoms with Crippen LogP contribution >= 0.6 is 15.9 Å². The number of halogens is 1. The number of hydrogen-bond donors (Lipinski definition) is 0. The molecule has 118 valence electrons. The molecule has 3 rings (SSSR count). The highest BCUT2D eigenvalue weighted by molar-refractivity contribution is 9.10. The molecule has 0 radical (unpaired) electrons. The minimum atomic E-state index is -0.293. The van der Waals surface area contributed by atoms with Crippen LogP contribution in [0.25, 0.3) is 11.0 Å². The Hall–Kier alpha value is -2.07. The van der Waals surface area contributed by atoms with E-state index in [1.54, 1.807) is 6.92 Å². The predicted molar refractivity (Wildman–Crippen MR) is 95.2 cm³/mol. The van der Waals surface area contributed by atoms with Gasteiger partial charge in [0.05, 0.1) is 5.39 Å². The van der Waals surface area contributed by atoms with E-state index in [9.17, 15) is 4.79 Å². The van der Waals surface area contributed by atoms with Gasteiger partial charge in [-0.15, -0.1) is 0 Å². The van der Waals surface area contributed by atoms with Crippen LogP contribution in [0.5, 0.6) is 5.75 Å². The highest BCUT2D eigenvalue weighted by atomic mass is 79.9. The van der Waals surface area contributed by atoms with Crippen LogP contribution in [0.1, 0.15) is 22.3 Å². The Balaban J connectivity index is 2.06. The van der Waals surface area contributed by atoms with Crippen LogP contribution in [0.15, 0.2) is 50.1 Å². The Morgan fingerprint density at radius 1 is 1.09 bits per heavy atom. The second-order valence-electron chi connectivity index (χ2n) is 5.69. The fourth-order valence-corrected chi connectivity index (χ4v) is 3.04. The average molecular weight is 373 g/mol. The summed E-state index contributed by atoms with van der Waals surface area (Å²) < 4.78 is 12.5. The average Bonchev–Trinajstić information content (AvgIpc) is 2.50. The molecule has 4 heteroatoms. The van der Waals surface area contributed by atoms with E-state index in [0.29, 0.717) is 17.8 Å². The number of benzene rings is 2. The normalized spacial score (nSPS) is 11.0. The molecule has 1 aromatic heterocycles. The Morgan fingerprint density at radius 2 is 1.87 bits per heavy atom. The zero-order valence-electron chi connectivity index (χ0n) is 13.3. The van der Waals surface area contributed by atoms with E-state index >= 15 is 0 Å². The largest absolute Gasteiger partial charge is 0.488 e. The lowest BCUT2D eigenvalue weighted by Crippen LogP contribution is -2.07. The van der Waals surface area contributed by atoms with Gasteiger partial charge in [0.2, 0.25) is 0 Å². The highest BCUT2D eigenvalue weighted by Crippen LogP contribution is 2.31. The molecule has 3 aromatic rings. The van der Waals surface area contributed by atoms with Gasteiger partial charge in [0.1, 0.15) is 17.9 Å². The van der Waals surface area contributed by atoms with Crippen LogP contribution in [-0.4, -0.2) is 0 Å². The monoisotopic (exact) mass is 372 g/mol. The minimum Gasteiger partial charge on any atom is -0.488 e. The molecule has 0 saturated carbocycles. The van der Waals surface area contributed by atoms with Crippen molar-refractivity contribution in [3.8, 4) is 5.75 Å². The molecule has 0 N–H and O–H groups in total. The smallest absolute Gasteiger partial charge is 0.339 e. The maximum Gasteiger partial charge on any atom is 0.339 e. The molecule has 0 spiro atoms. The first-order valence-electron chi connectivity index (χ1n) is 7.37. The van der Waals surface area contributed by atoms with Crippen molar-refractivity contribution < 1.29 is 9.15 Å². The maximum absolute atomic E-state index is 11.9. The Bertz CT molecular complexity index is 941. The summed E-state index contributed by atoms with van der Waals surface area (Å²) >= 11 is 3.46. The first-order valence-corrected chi connectivity index (χ1v) is 8.17. The van der Waals surface area contributed by atoms with E-state index in [0.717, 1.165) is 32.3 Å². The van der Waals surface area contributed by atoms with Crippen molar-refractivity contribution in [3.05, 3.63) is 73.5 Å². The molecule has 0 amide bonds. The van der Waals surface area contributed by atoms with Crippen molar-refractivity contribution in [3.63, 3.8) is 0 Å². The number of ether oxygens (including phenoxy) is 1. The Labute approximate surface area is 143 Å². The minimum absolute atomic E-state index is 0.293. The van der Waals surface area contributed by atoms with Crippen LogP contribution in [0.4, 0.5) is 0 Å². The Kier molecular flexibility index (Phi) is 4.26. The van der Waals surface area contributed by atoms with Crippen LogP contribution < -0.4 is 10.4 Å². The van der Waals surface area contributed by atoms with E-state index < -0.39 is 0 Å². The number of fused-ring (bicyclic) bond motifs is 1. The van der Waals surface area contributed by atoms with Gasteiger partial charge >= 0.3 is 5.63 Å². The molecular weight excluding hydrogens is 356 g/mol. The molecule has 0 fully saturated rings. The molecule has 3 nitrogen and oxygen atoms in total. The lowest BCUT2D eigenvalue weighted by molar-refractivity contribution is 0.309. The van der Waals surface area contributed by atoms with Gasteiger partial charge in [-0.2, -0.15) is 0 Å². The van der Waals surface area contributed by atoms with E-state index in [1.165, 1.54) is 0 Å². The van der Waals surface area contributed by atoms with Crippen molar-refractivity contribution in [2.24, 2.45) is 0 Å². The second kappa shape index (κ2) is 6.20. The third-order valence-electron chi connectivity index (χ3n) is 3.94. The first kappa shape index (κ1) is 15.8. The van der Waals surface area contributed by atoms with Gasteiger partial charge in [0.15, 0.2) is 0 Å². The van der Waals surface area contributed by atoms with Crippen molar-refractivity contribution in [1.82, 2.24) is 0 Å². The molecule has 23 heavy (non-hydrogen) atoms. The summed E-state index contributed by atoms with van der Waals surface area (Å²) in [6, 6.07) is 11.8. The summed E-state index contributed by atoms with van der Waals surface area (Å²) in [4.78, 5) is 11.9. The molecule has 1 heterocycles. The van der Waals surface area contributed by atoms with Gasteiger partial charge < -0.3 is 9.15 Å². The fraction of sp³-hybridized carbons (Fsp3) is 0.211. The van der Waals surface area contributed by atoms with Crippen molar-refractivity contribution >= 4 is 26.9 Å². The Morgan fingerprint density at radius 3 is 2.61 bits per heavy atom. The van der Waals surface area contributed by atoms with E-state index in [2.05, 4.69) is 15.9 Å². The molecule has 0 atom stereocenters. The summed E-state index contributed by atoms with van der Waals surface area (Å²) in [5.41, 5.74) is 3.86. The molecule has 0 unspecified atom stereocenters. The van der Waals surface area contributed by atoms with Crippen LogP contribution in [0, 0.1) is 20.8 Å². The van der Waals surface area contributed by atoms with E-state index in [1.807, 2.05) is 50.2 Å². The van der Waals surface area contributed by atoms with Crippen molar-refractivity contribution in [1.29, 1.82) is 0 Å². The lowest BCUT2D eigenvalue weighted by atomic mass is 10.0. The number of rotatable bonds is 3. The topological polar surface area (TPSA) is 39.4 Å². The van der Waals surface area contributed by atoms with Crippen LogP contribution in [0.2, 0.25) is 0 Å². The van der Waals surface area contributed by atoms with Crippen molar-refractivity contribution in [2.75, 3.05) is 0 Å². The molecule has 0 aliphatic carbocycles. The van der Waals surface area contributed by atoms with E-state index in [4.69, 9.17) is 9.15 Å². The van der Waals surface area contributed by atoms with Crippen molar-refractivity contribution in [2.45, 2.75) is 27.4 Å². The third-order valence-corrected chi connectivity index (χ3v) is 4.43. The quantitative estimate of drug-likeness (QED) is 0.603. The van der Waals surface area contributed by atoms with Crippen LogP contribution in [0.3, 0.4) is 0 Å². The van der Waals surface area contributed by atoms with Gasteiger partial charge in [-0.25, -0.2) is 4.79 Å².